The zero-order valence-electron chi connectivity index (χ0n) is 9.38. The van der Waals surface area contributed by atoms with Gasteiger partial charge in [-0.15, -0.1) is 0 Å². The summed E-state index contributed by atoms with van der Waals surface area (Å²) in [6.45, 7) is 1.75. The maximum atomic E-state index is 11.9. The highest BCUT2D eigenvalue weighted by Crippen LogP contribution is 2.24. The van der Waals surface area contributed by atoms with Crippen molar-refractivity contribution in [1.82, 2.24) is 4.90 Å². The lowest BCUT2D eigenvalue weighted by Crippen LogP contribution is -2.33. The van der Waals surface area contributed by atoms with Gasteiger partial charge in [-0.2, -0.15) is 5.26 Å². The van der Waals surface area contributed by atoms with Crippen LogP contribution >= 0.6 is 0 Å². The molecule has 1 aromatic rings. The van der Waals surface area contributed by atoms with Gasteiger partial charge >= 0.3 is 6.03 Å². The molecule has 0 N–H and O–H groups in total. The van der Waals surface area contributed by atoms with Gasteiger partial charge in [0, 0.05) is 0 Å². The standard InChI is InChI=1S/C12H11N3O2/c1-9-4-2-3-5-10(9)15-11(16)8-14(7-6-13)12(15)17/h2-5H,7-8H2,1H3. The number of hydrogen-bond acceptors (Lipinski definition) is 3. The Morgan fingerprint density at radius 1 is 1.35 bits per heavy atom. The molecular weight excluding hydrogens is 218 g/mol. The number of aryl methyl sites for hydroxylation is 1. The highest BCUT2D eigenvalue weighted by molar-refractivity contribution is 6.20. The Kier molecular flexibility index (Phi) is 2.79. The molecule has 0 unspecified atom stereocenters. The third-order valence-electron chi connectivity index (χ3n) is 2.66. The number of nitrogens with zero attached hydrogens (tertiary/aromatic N) is 3. The van der Waals surface area contributed by atoms with Crippen LogP contribution in [0.25, 0.3) is 0 Å². The smallest absolute Gasteiger partial charge is 0.301 e. The highest BCUT2D eigenvalue weighted by Gasteiger charge is 2.37. The van der Waals surface area contributed by atoms with Crippen molar-refractivity contribution in [2.75, 3.05) is 18.0 Å². The van der Waals surface area contributed by atoms with E-state index >= 15 is 0 Å². The second kappa shape index (κ2) is 4.26. The van der Waals surface area contributed by atoms with Crippen LogP contribution in [0, 0.1) is 18.3 Å². The molecule has 0 bridgehead atoms. The fraction of sp³-hybridized carbons (Fsp3) is 0.250. The van der Waals surface area contributed by atoms with Crippen molar-refractivity contribution in [3.05, 3.63) is 29.8 Å². The van der Waals surface area contributed by atoms with E-state index < -0.39 is 6.03 Å². The number of amides is 3. The fourth-order valence-corrected chi connectivity index (χ4v) is 1.81. The monoisotopic (exact) mass is 229 g/mol. The van der Waals surface area contributed by atoms with E-state index in [4.69, 9.17) is 5.26 Å². The Balaban J connectivity index is 2.35. The number of carbonyl (C=O) groups excluding carboxylic acids is 2. The minimum atomic E-state index is -0.425. The molecule has 0 radical (unpaired) electrons. The molecule has 0 atom stereocenters. The summed E-state index contributed by atoms with van der Waals surface area (Å²) in [6.07, 6.45) is 0. The van der Waals surface area contributed by atoms with Gasteiger partial charge in [0.05, 0.1) is 11.8 Å². The van der Waals surface area contributed by atoms with Crippen molar-refractivity contribution in [2.45, 2.75) is 6.92 Å². The Hall–Kier alpha value is -2.35. The largest absolute Gasteiger partial charge is 0.332 e. The van der Waals surface area contributed by atoms with Crippen LogP contribution < -0.4 is 4.90 Å². The SMILES string of the molecule is Cc1ccccc1N1C(=O)CN(CC#N)C1=O. The van der Waals surface area contributed by atoms with Crippen LogP contribution in [0.2, 0.25) is 0 Å². The van der Waals surface area contributed by atoms with Gasteiger partial charge in [0.25, 0.3) is 5.91 Å². The van der Waals surface area contributed by atoms with Gasteiger partial charge in [-0.3, -0.25) is 4.79 Å². The number of nitriles is 1. The summed E-state index contributed by atoms with van der Waals surface area (Å²) in [4.78, 5) is 26.1. The summed E-state index contributed by atoms with van der Waals surface area (Å²) >= 11 is 0. The predicted molar refractivity (Wildman–Crippen MR) is 61.2 cm³/mol. The second-order valence-corrected chi connectivity index (χ2v) is 3.81. The first kappa shape index (κ1) is 11.1. The maximum absolute atomic E-state index is 11.9. The lowest BCUT2D eigenvalue weighted by molar-refractivity contribution is -0.116. The molecule has 1 aliphatic rings. The van der Waals surface area contributed by atoms with Crippen LogP contribution in [0.4, 0.5) is 10.5 Å². The number of carbonyl (C=O) groups is 2. The maximum Gasteiger partial charge on any atom is 0.332 e. The van der Waals surface area contributed by atoms with E-state index in [0.717, 1.165) is 10.5 Å². The third kappa shape index (κ3) is 1.85. The van der Waals surface area contributed by atoms with E-state index in [2.05, 4.69) is 0 Å². The number of rotatable bonds is 2. The summed E-state index contributed by atoms with van der Waals surface area (Å²) in [5, 5.41) is 8.57. The molecule has 1 fully saturated rings. The van der Waals surface area contributed by atoms with Crippen LogP contribution in [0.15, 0.2) is 24.3 Å². The van der Waals surface area contributed by atoms with Gasteiger partial charge in [-0.05, 0) is 18.6 Å². The van der Waals surface area contributed by atoms with E-state index in [9.17, 15) is 9.59 Å². The van der Waals surface area contributed by atoms with Crippen LogP contribution in [-0.4, -0.2) is 29.9 Å². The lowest BCUT2D eigenvalue weighted by atomic mass is 10.2. The Morgan fingerprint density at radius 3 is 2.71 bits per heavy atom. The number of hydrogen-bond donors (Lipinski definition) is 0. The molecule has 0 saturated carbocycles. The minimum absolute atomic E-state index is 0.0271. The summed E-state index contributed by atoms with van der Waals surface area (Å²) < 4.78 is 0. The molecule has 17 heavy (non-hydrogen) atoms. The van der Waals surface area contributed by atoms with Gasteiger partial charge in [0.1, 0.15) is 13.1 Å². The Morgan fingerprint density at radius 2 is 2.06 bits per heavy atom. The molecule has 0 spiro atoms. The predicted octanol–water partition coefficient (Wildman–Crippen LogP) is 1.29. The van der Waals surface area contributed by atoms with Gasteiger partial charge < -0.3 is 4.90 Å². The van der Waals surface area contributed by atoms with E-state index in [-0.39, 0.29) is 19.0 Å². The summed E-state index contributed by atoms with van der Waals surface area (Å²) in [5.74, 6) is -0.292. The normalized spacial score (nSPS) is 15.3. The zero-order valence-corrected chi connectivity index (χ0v) is 9.38. The van der Waals surface area contributed by atoms with Crippen molar-refractivity contribution >= 4 is 17.6 Å². The number of imide groups is 1. The number of benzene rings is 1. The van der Waals surface area contributed by atoms with E-state index in [1.165, 1.54) is 4.90 Å². The molecule has 2 rings (SSSR count). The van der Waals surface area contributed by atoms with Crippen molar-refractivity contribution in [2.24, 2.45) is 0 Å². The van der Waals surface area contributed by atoms with Gasteiger partial charge in [0.15, 0.2) is 0 Å². The summed E-state index contributed by atoms with van der Waals surface area (Å²) in [7, 11) is 0. The van der Waals surface area contributed by atoms with E-state index in [1.54, 1.807) is 12.1 Å². The highest BCUT2D eigenvalue weighted by atomic mass is 16.2. The zero-order chi connectivity index (χ0) is 12.4. The molecule has 5 nitrogen and oxygen atoms in total. The average molecular weight is 229 g/mol. The van der Waals surface area contributed by atoms with E-state index in [0.29, 0.717) is 5.69 Å². The van der Waals surface area contributed by atoms with Gasteiger partial charge in [0.2, 0.25) is 0 Å². The van der Waals surface area contributed by atoms with Crippen molar-refractivity contribution < 1.29 is 9.59 Å². The quantitative estimate of drug-likeness (QED) is 0.567. The molecule has 0 aliphatic carbocycles. The molecule has 1 aliphatic heterocycles. The first-order valence-electron chi connectivity index (χ1n) is 5.19. The van der Waals surface area contributed by atoms with Crippen LogP contribution in [0.5, 0.6) is 0 Å². The molecule has 3 amide bonds. The molecule has 1 saturated heterocycles. The summed E-state index contributed by atoms with van der Waals surface area (Å²) in [5.41, 5.74) is 1.44. The Bertz CT molecular complexity index is 519. The average Bonchev–Trinajstić information content (AvgIpc) is 2.57. The second-order valence-electron chi connectivity index (χ2n) is 3.81. The topological polar surface area (TPSA) is 64.4 Å². The number of urea groups is 1. The first-order chi connectivity index (χ1) is 8.15. The summed E-state index contributed by atoms with van der Waals surface area (Å²) in [6, 6.07) is 8.63. The van der Waals surface area contributed by atoms with Crippen molar-refractivity contribution in [3.8, 4) is 6.07 Å². The molecular formula is C12H11N3O2. The number of para-hydroxylation sites is 1. The van der Waals surface area contributed by atoms with Crippen LogP contribution in [-0.2, 0) is 4.79 Å². The molecule has 5 heteroatoms. The lowest BCUT2D eigenvalue weighted by Gasteiger charge is -2.16. The van der Waals surface area contributed by atoms with Crippen LogP contribution in [0.3, 0.4) is 0 Å². The molecule has 1 aromatic carbocycles. The minimum Gasteiger partial charge on any atom is -0.301 e. The van der Waals surface area contributed by atoms with E-state index in [1.807, 2.05) is 25.1 Å². The fourth-order valence-electron chi connectivity index (χ4n) is 1.81. The molecule has 1 heterocycles. The molecule has 0 aromatic heterocycles. The third-order valence-corrected chi connectivity index (χ3v) is 2.66. The Labute approximate surface area is 98.9 Å². The van der Waals surface area contributed by atoms with Crippen molar-refractivity contribution in [1.29, 1.82) is 5.26 Å². The van der Waals surface area contributed by atoms with Gasteiger partial charge in [-0.25, -0.2) is 9.69 Å². The number of anilines is 1. The molecule has 86 valence electrons. The van der Waals surface area contributed by atoms with Crippen LogP contribution in [0.1, 0.15) is 5.56 Å². The first-order valence-corrected chi connectivity index (χ1v) is 5.19. The van der Waals surface area contributed by atoms with Crippen molar-refractivity contribution in [3.63, 3.8) is 0 Å². The van der Waals surface area contributed by atoms with Gasteiger partial charge in [-0.1, -0.05) is 18.2 Å².